The third-order valence-corrected chi connectivity index (χ3v) is 3.75. The molecule has 3 N–H and O–H groups in total. The molecular weight excluding hydrogens is 260 g/mol. The highest BCUT2D eigenvalue weighted by atomic mass is 32.1. The molecule has 0 amide bonds. The second-order valence-corrected chi connectivity index (χ2v) is 5.10. The Kier molecular flexibility index (Phi) is 3.02. The van der Waals surface area contributed by atoms with Crippen molar-refractivity contribution in [3.63, 3.8) is 0 Å². The van der Waals surface area contributed by atoms with Crippen molar-refractivity contribution in [1.29, 1.82) is 0 Å². The first-order valence-electron chi connectivity index (χ1n) is 5.78. The molecule has 5 nitrogen and oxygen atoms in total. The van der Waals surface area contributed by atoms with E-state index in [0.29, 0.717) is 23.4 Å². The lowest BCUT2D eigenvalue weighted by Crippen LogP contribution is -2.27. The molecule has 0 saturated heterocycles. The predicted molar refractivity (Wildman–Crippen MR) is 77.2 cm³/mol. The minimum absolute atomic E-state index is 0.0908. The molecular formula is C13H12N4OS. The lowest BCUT2D eigenvalue weighted by Gasteiger charge is -2.11. The number of nitrogens with two attached hydrogens (primary N) is 1. The predicted octanol–water partition coefficient (Wildman–Crippen LogP) is 1.79. The topological polar surface area (TPSA) is 72.9 Å². The lowest BCUT2D eigenvalue weighted by atomic mass is 10.2. The summed E-state index contributed by atoms with van der Waals surface area (Å²) in [5.74, 6) is 5.84. The van der Waals surface area contributed by atoms with Gasteiger partial charge in [-0.1, -0.05) is 18.2 Å². The number of para-hydroxylation sites is 1. The highest BCUT2D eigenvalue weighted by molar-refractivity contribution is 7.09. The Morgan fingerprint density at radius 3 is 2.84 bits per heavy atom. The van der Waals surface area contributed by atoms with E-state index in [1.165, 1.54) is 0 Å². The zero-order chi connectivity index (χ0) is 13.2. The number of thiophene rings is 1. The highest BCUT2D eigenvalue weighted by Crippen LogP contribution is 2.14. The molecule has 0 aliphatic rings. The molecule has 0 aliphatic heterocycles. The van der Waals surface area contributed by atoms with Gasteiger partial charge in [0.15, 0.2) is 0 Å². The second-order valence-electron chi connectivity index (χ2n) is 4.07. The first-order valence-corrected chi connectivity index (χ1v) is 6.66. The molecule has 0 radical (unpaired) electrons. The van der Waals surface area contributed by atoms with Crippen LogP contribution in [0.1, 0.15) is 4.88 Å². The van der Waals surface area contributed by atoms with Gasteiger partial charge in [-0.15, -0.1) is 11.3 Å². The van der Waals surface area contributed by atoms with E-state index in [9.17, 15) is 4.79 Å². The number of hydrogen-bond acceptors (Lipinski definition) is 5. The van der Waals surface area contributed by atoms with Crippen LogP contribution >= 0.6 is 11.3 Å². The van der Waals surface area contributed by atoms with Gasteiger partial charge in [-0.3, -0.25) is 14.8 Å². The van der Waals surface area contributed by atoms with Crippen LogP contribution in [0.15, 0.2) is 46.6 Å². The molecule has 6 heteroatoms. The van der Waals surface area contributed by atoms with E-state index in [2.05, 4.69) is 10.4 Å². The molecule has 1 aromatic carbocycles. The Bertz CT molecular complexity index is 764. The van der Waals surface area contributed by atoms with Crippen LogP contribution in [0, 0.1) is 0 Å². The molecule has 0 fully saturated rings. The molecule has 3 aromatic rings. The summed E-state index contributed by atoms with van der Waals surface area (Å²) in [6.45, 7) is 0.466. The quantitative estimate of drug-likeness (QED) is 0.563. The number of aromatic nitrogens is 2. The van der Waals surface area contributed by atoms with E-state index in [1.54, 1.807) is 28.0 Å². The molecule has 0 bridgehead atoms. The Balaban J connectivity index is 2.21. The van der Waals surface area contributed by atoms with Gasteiger partial charge in [0.05, 0.1) is 17.4 Å². The summed E-state index contributed by atoms with van der Waals surface area (Å²) in [7, 11) is 0. The lowest BCUT2D eigenvalue weighted by molar-refractivity contribution is 0.764. The van der Waals surface area contributed by atoms with Crippen LogP contribution in [0.5, 0.6) is 0 Å². The number of nitrogens with one attached hydrogen (secondary N) is 1. The molecule has 19 heavy (non-hydrogen) atoms. The van der Waals surface area contributed by atoms with E-state index in [-0.39, 0.29) is 5.56 Å². The van der Waals surface area contributed by atoms with Gasteiger partial charge < -0.3 is 0 Å². The van der Waals surface area contributed by atoms with Gasteiger partial charge in [0.25, 0.3) is 5.56 Å². The Morgan fingerprint density at radius 2 is 2.11 bits per heavy atom. The van der Waals surface area contributed by atoms with Crippen molar-refractivity contribution in [2.45, 2.75) is 6.54 Å². The van der Waals surface area contributed by atoms with Crippen LogP contribution in [0.4, 0.5) is 5.95 Å². The monoisotopic (exact) mass is 272 g/mol. The number of fused-ring (bicyclic) bond motifs is 1. The van der Waals surface area contributed by atoms with Crippen molar-refractivity contribution in [3.05, 3.63) is 57.0 Å². The van der Waals surface area contributed by atoms with Crippen molar-refractivity contribution in [2.75, 3.05) is 5.43 Å². The smallest absolute Gasteiger partial charge is 0.263 e. The largest absolute Gasteiger partial charge is 0.294 e. The molecule has 2 heterocycles. The maximum Gasteiger partial charge on any atom is 0.263 e. The minimum atomic E-state index is -0.0908. The summed E-state index contributed by atoms with van der Waals surface area (Å²) >= 11 is 1.59. The SMILES string of the molecule is NNc1nc2ccccc2c(=O)n1Cc1cccs1. The number of anilines is 1. The summed E-state index contributed by atoms with van der Waals surface area (Å²) in [5, 5.41) is 2.57. The maximum absolute atomic E-state index is 12.5. The van der Waals surface area contributed by atoms with Gasteiger partial charge in [0, 0.05) is 4.88 Å². The third kappa shape index (κ3) is 2.11. The summed E-state index contributed by atoms with van der Waals surface area (Å²) in [6.07, 6.45) is 0. The zero-order valence-corrected chi connectivity index (χ0v) is 10.9. The molecule has 0 aliphatic carbocycles. The number of hydrogen-bond donors (Lipinski definition) is 2. The molecule has 0 saturated carbocycles. The molecule has 2 aromatic heterocycles. The summed E-state index contributed by atoms with van der Waals surface area (Å²) in [4.78, 5) is 17.9. The van der Waals surface area contributed by atoms with Crippen molar-refractivity contribution < 1.29 is 0 Å². The van der Waals surface area contributed by atoms with Crippen LogP contribution in [0.25, 0.3) is 10.9 Å². The Hall–Kier alpha value is -2.18. The van der Waals surface area contributed by atoms with E-state index >= 15 is 0 Å². The van der Waals surface area contributed by atoms with Gasteiger partial charge in [-0.2, -0.15) is 0 Å². The van der Waals surface area contributed by atoms with E-state index in [1.807, 2.05) is 29.6 Å². The first kappa shape index (κ1) is 11.9. The molecule has 0 atom stereocenters. The summed E-state index contributed by atoms with van der Waals surface area (Å²) in [6, 6.07) is 11.2. The molecule has 3 rings (SSSR count). The fourth-order valence-corrected chi connectivity index (χ4v) is 2.68. The van der Waals surface area contributed by atoms with E-state index in [4.69, 9.17) is 5.84 Å². The number of rotatable bonds is 3. The maximum atomic E-state index is 12.5. The number of hydrazine groups is 1. The zero-order valence-electron chi connectivity index (χ0n) is 10.0. The number of nitrogen functional groups attached to an aromatic ring is 1. The van der Waals surface area contributed by atoms with Gasteiger partial charge in [-0.05, 0) is 23.6 Å². The van der Waals surface area contributed by atoms with Crippen molar-refractivity contribution in [3.8, 4) is 0 Å². The van der Waals surface area contributed by atoms with Gasteiger partial charge in [-0.25, -0.2) is 10.8 Å². The third-order valence-electron chi connectivity index (χ3n) is 2.88. The second kappa shape index (κ2) is 4.83. The van der Waals surface area contributed by atoms with Crippen molar-refractivity contribution >= 4 is 28.2 Å². The van der Waals surface area contributed by atoms with Gasteiger partial charge in [0.1, 0.15) is 0 Å². The first-order chi connectivity index (χ1) is 9.29. The van der Waals surface area contributed by atoms with E-state index < -0.39 is 0 Å². The molecule has 0 spiro atoms. The van der Waals surface area contributed by atoms with Crippen LogP contribution < -0.4 is 16.8 Å². The average Bonchev–Trinajstić information content (AvgIpc) is 2.95. The van der Waals surface area contributed by atoms with Crippen LogP contribution in [0.3, 0.4) is 0 Å². The summed E-state index contributed by atoms with van der Waals surface area (Å²) < 4.78 is 1.55. The normalized spacial score (nSPS) is 10.8. The minimum Gasteiger partial charge on any atom is -0.294 e. The van der Waals surface area contributed by atoms with E-state index in [0.717, 1.165) is 4.88 Å². The summed E-state index contributed by atoms with van der Waals surface area (Å²) in [5.41, 5.74) is 3.05. The highest BCUT2D eigenvalue weighted by Gasteiger charge is 2.10. The molecule has 0 unspecified atom stereocenters. The Labute approximate surface area is 113 Å². The van der Waals surface area contributed by atoms with Crippen molar-refractivity contribution in [1.82, 2.24) is 9.55 Å². The Morgan fingerprint density at radius 1 is 1.26 bits per heavy atom. The van der Waals surface area contributed by atoms with Crippen LogP contribution in [-0.2, 0) is 6.54 Å². The van der Waals surface area contributed by atoms with Crippen LogP contribution in [0.2, 0.25) is 0 Å². The van der Waals surface area contributed by atoms with Crippen LogP contribution in [-0.4, -0.2) is 9.55 Å². The van der Waals surface area contributed by atoms with Crippen molar-refractivity contribution in [2.24, 2.45) is 5.84 Å². The van der Waals surface area contributed by atoms with Gasteiger partial charge in [0.2, 0.25) is 5.95 Å². The average molecular weight is 272 g/mol. The van der Waals surface area contributed by atoms with Gasteiger partial charge >= 0.3 is 0 Å². The number of nitrogens with zero attached hydrogens (tertiary/aromatic N) is 2. The fraction of sp³-hybridized carbons (Fsp3) is 0.0769. The number of benzene rings is 1. The standard InChI is InChI=1S/C13H12N4OS/c14-16-13-15-11-6-2-1-5-10(11)12(18)17(13)8-9-4-3-7-19-9/h1-7H,8,14H2,(H,15,16). The molecule has 96 valence electrons. The fourth-order valence-electron chi connectivity index (χ4n) is 1.98.